The van der Waals surface area contributed by atoms with Crippen LogP contribution in [0.1, 0.15) is 43.7 Å². The molecule has 0 saturated carbocycles. The van der Waals surface area contributed by atoms with Gasteiger partial charge < -0.3 is 9.47 Å². The second-order valence-electron chi connectivity index (χ2n) is 9.43. The standard InChI is InChI=1S/C35H33F3O2/c1-3-5-7-23-40-30-19-21-31(33(36)24-30)26-11-8-25(9-12-26)10-13-28-16-20-32(35(38)34(28)37)27-14-17-29(18-15-27)39-22-6-4-2/h3,8-21,24H,1,4-7,22-23H2,2H3/b13-10+. The average molecular weight is 543 g/mol. The molecule has 0 heterocycles. The summed E-state index contributed by atoms with van der Waals surface area (Å²) in [4.78, 5) is 0. The van der Waals surface area contributed by atoms with E-state index in [0.29, 0.717) is 41.4 Å². The minimum Gasteiger partial charge on any atom is -0.494 e. The Labute approximate surface area is 234 Å². The number of hydrogen-bond acceptors (Lipinski definition) is 2. The Morgan fingerprint density at radius 2 is 1.30 bits per heavy atom. The molecule has 0 aliphatic rings. The maximum Gasteiger partial charge on any atom is 0.167 e. The molecular formula is C35H33F3O2. The van der Waals surface area contributed by atoms with Crippen LogP contribution in [0.3, 0.4) is 0 Å². The van der Waals surface area contributed by atoms with Gasteiger partial charge in [0.15, 0.2) is 11.6 Å². The number of halogens is 3. The zero-order chi connectivity index (χ0) is 28.3. The lowest BCUT2D eigenvalue weighted by Crippen LogP contribution is -1.97. The second-order valence-corrected chi connectivity index (χ2v) is 9.43. The third kappa shape index (κ3) is 7.44. The number of benzene rings is 4. The monoisotopic (exact) mass is 542 g/mol. The van der Waals surface area contributed by atoms with Gasteiger partial charge in [-0.25, -0.2) is 13.2 Å². The zero-order valence-corrected chi connectivity index (χ0v) is 22.6. The van der Waals surface area contributed by atoms with Gasteiger partial charge in [-0.15, -0.1) is 6.58 Å². The molecule has 0 aliphatic heterocycles. The van der Waals surface area contributed by atoms with Crippen molar-refractivity contribution in [2.75, 3.05) is 13.2 Å². The van der Waals surface area contributed by atoms with Gasteiger partial charge in [0.25, 0.3) is 0 Å². The molecule has 4 rings (SSSR count). The van der Waals surface area contributed by atoms with Gasteiger partial charge in [0.1, 0.15) is 17.3 Å². The third-order valence-electron chi connectivity index (χ3n) is 6.48. The normalized spacial score (nSPS) is 11.1. The molecule has 0 bridgehead atoms. The maximum absolute atomic E-state index is 14.9. The minimum absolute atomic E-state index is 0.138. The van der Waals surface area contributed by atoms with Crippen LogP contribution in [0.2, 0.25) is 0 Å². The largest absolute Gasteiger partial charge is 0.494 e. The summed E-state index contributed by atoms with van der Waals surface area (Å²) >= 11 is 0. The number of rotatable bonds is 13. The highest BCUT2D eigenvalue weighted by Crippen LogP contribution is 2.30. The average Bonchev–Trinajstić information content (AvgIpc) is 2.97. The zero-order valence-electron chi connectivity index (χ0n) is 22.6. The van der Waals surface area contributed by atoms with E-state index in [1.54, 1.807) is 78.9 Å². The van der Waals surface area contributed by atoms with Crippen molar-refractivity contribution in [2.45, 2.75) is 32.6 Å². The highest BCUT2D eigenvalue weighted by molar-refractivity contribution is 5.74. The van der Waals surface area contributed by atoms with Crippen molar-refractivity contribution in [2.24, 2.45) is 0 Å². The molecule has 206 valence electrons. The quantitative estimate of drug-likeness (QED) is 0.0951. The summed E-state index contributed by atoms with van der Waals surface area (Å²) in [6.07, 6.45) is 8.71. The molecule has 0 N–H and O–H groups in total. The van der Waals surface area contributed by atoms with Crippen molar-refractivity contribution in [3.8, 4) is 33.8 Å². The van der Waals surface area contributed by atoms with Crippen molar-refractivity contribution in [1.82, 2.24) is 0 Å². The first-order valence-corrected chi connectivity index (χ1v) is 13.5. The van der Waals surface area contributed by atoms with Crippen molar-refractivity contribution in [1.29, 1.82) is 0 Å². The molecule has 40 heavy (non-hydrogen) atoms. The number of unbranched alkanes of at least 4 members (excludes halogenated alkanes) is 2. The van der Waals surface area contributed by atoms with Gasteiger partial charge in [-0.2, -0.15) is 0 Å². The van der Waals surface area contributed by atoms with Crippen LogP contribution < -0.4 is 9.47 Å². The highest BCUT2D eigenvalue weighted by atomic mass is 19.2. The molecular weight excluding hydrogens is 509 g/mol. The lowest BCUT2D eigenvalue weighted by molar-refractivity contribution is 0.309. The molecule has 0 atom stereocenters. The van der Waals surface area contributed by atoms with Gasteiger partial charge in [0, 0.05) is 22.8 Å². The summed E-state index contributed by atoms with van der Waals surface area (Å²) in [6, 6.07) is 22.1. The number of allylic oxidation sites excluding steroid dienone is 1. The van der Waals surface area contributed by atoms with Crippen LogP contribution in [0.4, 0.5) is 13.2 Å². The van der Waals surface area contributed by atoms with Crippen molar-refractivity contribution in [3.05, 3.63) is 120 Å². The van der Waals surface area contributed by atoms with Gasteiger partial charge >= 0.3 is 0 Å². The van der Waals surface area contributed by atoms with E-state index < -0.39 is 11.6 Å². The lowest BCUT2D eigenvalue weighted by Gasteiger charge is -2.09. The molecule has 0 spiro atoms. The van der Waals surface area contributed by atoms with Gasteiger partial charge in [-0.3, -0.25) is 0 Å². The molecule has 0 amide bonds. The molecule has 0 radical (unpaired) electrons. The number of ether oxygens (including phenoxy) is 2. The van der Waals surface area contributed by atoms with E-state index in [1.165, 1.54) is 12.1 Å². The lowest BCUT2D eigenvalue weighted by atomic mass is 10.0. The Bertz CT molecular complexity index is 1440. The van der Waals surface area contributed by atoms with Crippen LogP contribution in [0.5, 0.6) is 11.5 Å². The molecule has 0 fully saturated rings. The first-order valence-electron chi connectivity index (χ1n) is 13.5. The van der Waals surface area contributed by atoms with E-state index in [9.17, 15) is 13.2 Å². The van der Waals surface area contributed by atoms with E-state index in [-0.39, 0.29) is 16.9 Å². The predicted molar refractivity (Wildman–Crippen MR) is 158 cm³/mol. The molecule has 0 unspecified atom stereocenters. The second kappa shape index (κ2) is 14.2. The van der Waals surface area contributed by atoms with Gasteiger partial charge in [0.2, 0.25) is 0 Å². The Morgan fingerprint density at radius 1 is 0.675 bits per heavy atom. The predicted octanol–water partition coefficient (Wildman–Crippen LogP) is 10.1. The Balaban J connectivity index is 1.42. The smallest absolute Gasteiger partial charge is 0.167 e. The van der Waals surface area contributed by atoms with Crippen LogP contribution in [0.15, 0.2) is 91.5 Å². The number of hydrogen-bond donors (Lipinski definition) is 0. The third-order valence-corrected chi connectivity index (χ3v) is 6.48. The Hall–Kier alpha value is -4.25. The van der Waals surface area contributed by atoms with Crippen molar-refractivity contribution in [3.63, 3.8) is 0 Å². The van der Waals surface area contributed by atoms with Gasteiger partial charge in [-0.1, -0.05) is 80.1 Å². The topological polar surface area (TPSA) is 18.5 Å². The van der Waals surface area contributed by atoms with E-state index in [4.69, 9.17) is 9.47 Å². The van der Waals surface area contributed by atoms with Crippen LogP contribution in [0.25, 0.3) is 34.4 Å². The van der Waals surface area contributed by atoms with Crippen LogP contribution in [0, 0.1) is 17.5 Å². The molecule has 4 aromatic rings. The van der Waals surface area contributed by atoms with E-state index in [1.807, 2.05) is 6.08 Å². The highest BCUT2D eigenvalue weighted by Gasteiger charge is 2.14. The van der Waals surface area contributed by atoms with E-state index >= 15 is 0 Å². The van der Waals surface area contributed by atoms with Crippen LogP contribution in [-0.2, 0) is 0 Å². The molecule has 0 aromatic heterocycles. The maximum atomic E-state index is 14.9. The fourth-order valence-corrected chi connectivity index (χ4v) is 4.18. The summed E-state index contributed by atoms with van der Waals surface area (Å²) in [7, 11) is 0. The molecule has 4 aromatic carbocycles. The van der Waals surface area contributed by atoms with Crippen molar-refractivity contribution >= 4 is 12.2 Å². The van der Waals surface area contributed by atoms with Gasteiger partial charge in [0.05, 0.1) is 13.2 Å². The molecule has 2 nitrogen and oxygen atoms in total. The van der Waals surface area contributed by atoms with E-state index in [0.717, 1.165) is 31.2 Å². The van der Waals surface area contributed by atoms with Crippen LogP contribution in [-0.4, -0.2) is 13.2 Å². The first-order chi connectivity index (χ1) is 19.5. The Morgan fingerprint density at radius 3 is 2.00 bits per heavy atom. The summed E-state index contributed by atoms with van der Waals surface area (Å²) < 4.78 is 55.8. The summed E-state index contributed by atoms with van der Waals surface area (Å²) in [5.41, 5.74) is 2.84. The summed E-state index contributed by atoms with van der Waals surface area (Å²) in [5, 5.41) is 0. The Kier molecular flexibility index (Phi) is 10.2. The van der Waals surface area contributed by atoms with E-state index in [2.05, 4.69) is 13.5 Å². The summed E-state index contributed by atoms with van der Waals surface area (Å²) in [6.45, 7) is 6.89. The minimum atomic E-state index is -0.914. The summed E-state index contributed by atoms with van der Waals surface area (Å²) in [5.74, 6) is -1.00. The molecule has 5 heteroatoms. The molecule has 0 saturated heterocycles. The van der Waals surface area contributed by atoms with Gasteiger partial charge in [-0.05, 0) is 60.2 Å². The first kappa shape index (κ1) is 28.8. The molecule has 0 aliphatic carbocycles. The fraction of sp³-hybridized carbons (Fsp3) is 0.200. The van der Waals surface area contributed by atoms with Crippen LogP contribution >= 0.6 is 0 Å². The fourth-order valence-electron chi connectivity index (χ4n) is 4.18. The SMILES string of the molecule is C=CCCCOc1ccc(-c2ccc(/C=C/c3ccc(-c4ccc(OCCCC)cc4)c(F)c3F)cc2)c(F)c1. The van der Waals surface area contributed by atoms with Crippen molar-refractivity contribution < 1.29 is 22.6 Å².